The van der Waals surface area contributed by atoms with Gasteiger partial charge in [0.2, 0.25) is 5.91 Å². The largest absolute Gasteiger partial charge is 0.481 e. The minimum Gasteiger partial charge on any atom is -0.481 e. The van der Waals surface area contributed by atoms with Crippen LogP contribution in [0.15, 0.2) is 17.2 Å². The molecule has 0 saturated heterocycles. The molecule has 2 fully saturated rings. The molecule has 2 amide bonds. The first kappa shape index (κ1) is 19.6. The van der Waals surface area contributed by atoms with Crippen molar-refractivity contribution in [1.82, 2.24) is 0 Å². The summed E-state index contributed by atoms with van der Waals surface area (Å²) in [5.41, 5.74) is 8.00. The predicted molar refractivity (Wildman–Crippen MR) is 105 cm³/mol. The molecule has 3 rings (SSSR count). The SMILES string of the molecule is CC(C)=C1[C@H]2CC[C@H]1[C@@H](C(=O)O)[C@H]2C(=O)Nc1sc(C(C)C)cc1C(N)=O. The molecule has 0 aliphatic heterocycles. The number of fused-ring (bicyclic) bond motifs is 2. The maximum Gasteiger partial charge on any atom is 0.307 e. The number of aliphatic carboxylic acids is 1. The number of hydrogen-bond donors (Lipinski definition) is 3. The number of anilines is 1. The predicted octanol–water partition coefficient (Wildman–Crippen LogP) is 3.60. The number of hydrogen-bond acceptors (Lipinski definition) is 4. The molecule has 6 nitrogen and oxygen atoms in total. The molecular formula is C20H26N2O4S. The molecule has 4 N–H and O–H groups in total. The van der Waals surface area contributed by atoms with E-state index in [1.54, 1.807) is 6.07 Å². The Bertz CT molecular complexity index is 835. The van der Waals surface area contributed by atoms with E-state index in [0.29, 0.717) is 5.00 Å². The summed E-state index contributed by atoms with van der Waals surface area (Å²) in [4.78, 5) is 37.7. The van der Waals surface area contributed by atoms with Crippen molar-refractivity contribution < 1.29 is 19.5 Å². The van der Waals surface area contributed by atoms with Gasteiger partial charge in [-0.1, -0.05) is 25.0 Å². The molecule has 2 saturated carbocycles. The summed E-state index contributed by atoms with van der Waals surface area (Å²) in [5.74, 6) is -3.09. The Morgan fingerprint density at radius 1 is 1.19 bits per heavy atom. The summed E-state index contributed by atoms with van der Waals surface area (Å²) in [6, 6.07) is 1.71. The Morgan fingerprint density at radius 3 is 2.26 bits per heavy atom. The highest BCUT2D eigenvalue weighted by Crippen LogP contribution is 2.57. The molecule has 0 aromatic carbocycles. The lowest BCUT2D eigenvalue weighted by molar-refractivity contribution is -0.148. The summed E-state index contributed by atoms with van der Waals surface area (Å²) < 4.78 is 0. The van der Waals surface area contributed by atoms with E-state index in [4.69, 9.17) is 5.73 Å². The zero-order valence-electron chi connectivity index (χ0n) is 16.0. The van der Waals surface area contributed by atoms with E-state index in [-0.39, 0.29) is 29.2 Å². The molecule has 0 radical (unpaired) electrons. The second kappa shape index (κ2) is 7.11. The Morgan fingerprint density at radius 2 is 1.78 bits per heavy atom. The average Bonchev–Trinajstić information content (AvgIpc) is 3.24. The second-order valence-corrected chi connectivity index (χ2v) is 9.12. The fraction of sp³-hybridized carbons (Fsp3) is 0.550. The molecule has 7 heteroatoms. The molecule has 1 aromatic rings. The highest BCUT2D eigenvalue weighted by atomic mass is 32.1. The van der Waals surface area contributed by atoms with Gasteiger partial charge in [-0.15, -0.1) is 11.3 Å². The number of nitrogens with two attached hydrogens (primary N) is 1. The molecular weight excluding hydrogens is 364 g/mol. The van der Waals surface area contributed by atoms with Crippen molar-refractivity contribution in [3.8, 4) is 0 Å². The number of carbonyl (C=O) groups excluding carboxylic acids is 2. The quantitative estimate of drug-likeness (QED) is 0.667. The minimum absolute atomic E-state index is 0.0392. The van der Waals surface area contributed by atoms with Crippen molar-refractivity contribution in [1.29, 1.82) is 0 Å². The van der Waals surface area contributed by atoms with Gasteiger partial charge in [0.1, 0.15) is 5.00 Å². The van der Waals surface area contributed by atoms with E-state index in [1.165, 1.54) is 11.3 Å². The molecule has 2 aliphatic carbocycles. The van der Waals surface area contributed by atoms with Gasteiger partial charge in [0.15, 0.2) is 0 Å². The molecule has 2 aliphatic rings. The number of carboxylic acid groups (broad SMARTS) is 1. The maximum absolute atomic E-state index is 13.1. The van der Waals surface area contributed by atoms with E-state index >= 15 is 0 Å². The molecule has 1 aromatic heterocycles. The fourth-order valence-corrected chi connectivity index (χ4v) is 5.84. The molecule has 0 unspecified atom stereocenters. The van der Waals surface area contributed by atoms with Gasteiger partial charge in [0.05, 0.1) is 17.4 Å². The van der Waals surface area contributed by atoms with E-state index in [1.807, 2.05) is 27.7 Å². The van der Waals surface area contributed by atoms with Crippen LogP contribution in [0.5, 0.6) is 0 Å². The number of amides is 2. The first-order valence-corrected chi connectivity index (χ1v) is 10.1. The minimum atomic E-state index is -0.926. The second-order valence-electron chi connectivity index (χ2n) is 8.04. The summed E-state index contributed by atoms with van der Waals surface area (Å²) in [6.45, 7) is 7.97. The summed E-state index contributed by atoms with van der Waals surface area (Å²) in [5, 5.41) is 13.0. The monoisotopic (exact) mass is 390 g/mol. The van der Waals surface area contributed by atoms with E-state index in [9.17, 15) is 19.5 Å². The number of allylic oxidation sites excluding steroid dienone is 2. The zero-order chi connectivity index (χ0) is 20.0. The normalized spacial score (nSPS) is 26.5. The lowest BCUT2D eigenvalue weighted by atomic mass is 9.79. The Hall–Kier alpha value is -2.15. The van der Waals surface area contributed by atoms with Crippen LogP contribution in [-0.4, -0.2) is 22.9 Å². The van der Waals surface area contributed by atoms with Gasteiger partial charge >= 0.3 is 5.97 Å². The fourth-order valence-electron chi connectivity index (χ4n) is 4.77. The molecule has 1 heterocycles. The third-order valence-corrected chi connectivity index (χ3v) is 7.18. The van der Waals surface area contributed by atoms with Crippen molar-refractivity contribution in [2.45, 2.75) is 46.5 Å². The molecule has 0 spiro atoms. The molecule has 2 bridgehead atoms. The van der Waals surface area contributed by atoms with Crippen molar-refractivity contribution in [2.24, 2.45) is 29.4 Å². The number of carboxylic acids is 1. The molecule has 27 heavy (non-hydrogen) atoms. The van der Waals surface area contributed by atoms with Crippen molar-refractivity contribution in [3.05, 3.63) is 27.7 Å². The highest BCUT2D eigenvalue weighted by molar-refractivity contribution is 7.16. The maximum atomic E-state index is 13.1. The van der Waals surface area contributed by atoms with Crippen molar-refractivity contribution >= 4 is 34.1 Å². The Balaban J connectivity index is 1.93. The topological polar surface area (TPSA) is 109 Å². The van der Waals surface area contributed by atoms with Crippen LogP contribution in [0.25, 0.3) is 0 Å². The third-order valence-electron chi connectivity index (χ3n) is 5.83. The van der Waals surface area contributed by atoms with Crippen LogP contribution >= 0.6 is 11.3 Å². The Kier molecular flexibility index (Phi) is 5.16. The van der Waals surface area contributed by atoms with Crippen LogP contribution in [0.2, 0.25) is 0 Å². The lowest BCUT2D eigenvalue weighted by Crippen LogP contribution is -2.38. The van der Waals surface area contributed by atoms with Crippen LogP contribution in [0.4, 0.5) is 5.00 Å². The summed E-state index contributed by atoms with van der Waals surface area (Å²) >= 11 is 1.33. The van der Waals surface area contributed by atoms with Gasteiger partial charge in [-0.3, -0.25) is 14.4 Å². The van der Waals surface area contributed by atoms with Gasteiger partial charge < -0.3 is 16.2 Å². The molecule has 4 atom stereocenters. The standard InChI is InChI=1S/C20H26N2O4S/c1-8(2)13-7-12(17(21)23)19(27-13)22-18(24)15-10-5-6-11(14(10)9(3)4)16(15)20(25)26/h7-8,10-11,15-16H,5-6H2,1-4H3,(H2,21,23)(H,22,24)(H,25,26)/t10-,11-,15+,16-/m1/s1. The van der Waals surface area contributed by atoms with E-state index in [0.717, 1.165) is 28.9 Å². The summed E-state index contributed by atoms with van der Waals surface area (Å²) in [7, 11) is 0. The lowest BCUT2D eigenvalue weighted by Gasteiger charge is -2.26. The number of nitrogens with one attached hydrogen (secondary N) is 1. The molecule has 146 valence electrons. The van der Waals surface area contributed by atoms with Crippen LogP contribution < -0.4 is 11.1 Å². The number of thiophene rings is 1. The average molecular weight is 391 g/mol. The van der Waals surface area contributed by atoms with Crippen LogP contribution in [0.1, 0.15) is 61.7 Å². The van der Waals surface area contributed by atoms with Gasteiger partial charge in [0.25, 0.3) is 5.91 Å². The van der Waals surface area contributed by atoms with Gasteiger partial charge in [-0.25, -0.2) is 0 Å². The summed E-state index contributed by atoms with van der Waals surface area (Å²) in [6.07, 6.45) is 1.65. The van der Waals surface area contributed by atoms with Gasteiger partial charge in [-0.05, 0) is 50.5 Å². The van der Waals surface area contributed by atoms with Crippen LogP contribution in [0, 0.1) is 23.7 Å². The Labute approximate surface area is 162 Å². The third kappa shape index (κ3) is 3.29. The van der Waals surface area contributed by atoms with Gasteiger partial charge in [-0.2, -0.15) is 0 Å². The zero-order valence-corrected chi connectivity index (χ0v) is 16.9. The van der Waals surface area contributed by atoms with Crippen molar-refractivity contribution in [3.63, 3.8) is 0 Å². The number of primary amides is 1. The number of rotatable bonds is 5. The number of carbonyl (C=O) groups is 3. The van der Waals surface area contributed by atoms with E-state index in [2.05, 4.69) is 5.32 Å². The van der Waals surface area contributed by atoms with Crippen LogP contribution in [0.3, 0.4) is 0 Å². The first-order valence-electron chi connectivity index (χ1n) is 9.27. The van der Waals surface area contributed by atoms with Crippen molar-refractivity contribution in [2.75, 3.05) is 5.32 Å². The van der Waals surface area contributed by atoms with Gasteiger partial charge in [0, 0.05) is 4.88 Å². The highest BCUT2D eigenvalue weighted by Gasteiger charge is 2.57. The smallest absolute Gasteiger partial charge is 0.307 e. The van der Waals surface area contributed by atoms with Crippen LogP contribution in [-0.2, 0) is 9.59 Å². The first-order chi connectivity index (χ1) is 12.6. The van der Waals surface area contributed by atoms with E-state index < -0.39 is 23.7 Å².